The first-order chi connectivity index (χ1) is 9.81. The van der Waals surface area contributed by atoms with E-state index in [0.29, 0.717) is 0 Å². The molecule has 0 saturated carbocycles. The first kappa shape index (κ1) is 12.3. The molecule has 0 radical (unpaired) electrons. The molecule has 0 bridgehead atoms. The van der Waals surface area contributed by atoms with Gasteiger partial charge in [0.1, 0.15) is 0 Å². The van der Waals surface area contributed by atoms with Gasteiger partial charge in [0.25, 0.3) is 0 Å². The number of fused-ring (bicyclic) bond motifs is 1. The molecule has 0 fully saturated rings. The minimum atomic E-state index is -0.0514. The highest BCUT2D eigenvalue weighted by atomic mass is 16.1. The average Bonchev–Trinajstić information content (AvgIpc) is 2.63. The van der Waals surface area contributed by atoms with Crippen LogP contribution in [-0.4, -0.2) is 16.6 Å². The third kappa shape index (κ3) is 2.80. The first-order valence-corrected chi connectivity index (χ1v) is 6.36. The van der Waals surface area contributed by atoms with Gasteiger partial charge in [-0.05, 0) is 29.8 Å². The fraction of sp³-hybridized carbons (Fsp3) is 0.0625. The predicted molar refractivity (Wildman–Crippen MR) is 80.1 cm³/mol. The van der Waals surface area contributed by atoms with E-state index >= 15 is 0 Å². The maximum absolute atomic E-state index is 11.8. The van der Waals surface area contributed by atoms with Crippen molar-refractivity contribution < 1.29 is 4.79 Å². The lowest BCUT2D eigenvalue weighted by molar-refractivity contribution is -0.115. The van der Waals surface area contributed by atoms with Crippen LogP contribution in [0, 0.1) is 0 Å². The summed E-state index contributed by atoms with van der Waals surface area (Å²) in [5.41, 5.74) is 3.25. The third-order valence-corrected chi connectivity index (χ3v) is 2.94. The smallest absolute Gasteiger partial charge is 0.230 e. The van der Waals surface area contributed by atoms with Crippen molar-refractivity contribution in [2.45, 2.75) is 6.42 Å². The number of aromatic nitrogens is 1. The van der Waals surface area contributed by atoms with Gasteiger partial charge in [-0.25, -0.2) is 0 Å². The monoisotopic (exact) mass is 263 g/mol. The van der Waals surface area contributed by atoms with Crippen LogP contribution in [0.5, 0.6) is 0 Å². The fourth-order valence-electron chi connectivity index (χ4n) is 1.99. The van der Waals surface area contributed by atoms with Crippen LogP contribution >= 0.6 is 0 Å². The molecule has 2 aromatic rings. The Morgan fingerprint density at radius 2 is 2.00 bits per heavy atom. The molecule has 1 amide bonds. The molecular weight excluding hydrogens is 250 g/mol. The zero-order valence-electron chi connectivity index (χ0n) is 10.8. The average molecular weight is 263 g/mol. The molecule has 1 N–H and O–H groups in total. The first-order valence-electron chi connectivity index (χ1n) is 6.36. The van der Waals surface area contributed by atoms with E-state index < -0.39 is 0 Å². The number of nitrogens with one attached hydrogen (secondary N) is 1. The van der Waals surface area contributed by atoms with E-state index in [-0.39, 0.29) is 12.3 Å². The highest BCUT2D eigenvalue weighted by Gasteiger charge is 2.13. The molecule has 0 aliphatic carbocycles. The number of carbonyl (C=O) groups is 1. The second-order valence-electron chi connectivity index (χ2n) is 4.46. The lowest BCUT2D eigenvalue weighted by Gasteiger charge is -2.02. The van der Waals surface area contributed by atoms with E-state index in [1.807, 2.05) is 48.6 Å². The number of anilines is 1. The lowest BCUT2D eigenvalue weighted by Crippen LogP contribution is -2.13. The molecule has 0 atom stereocenters. The van der Waals surface area contributed by atoms with E-state index in [2.05, 4.69) is 15.3 Å². The van der Waals surface area contributed by atoms with Gasteiger partial charge in [0.15, 0.2) is 0 Å². The SMILES string of the molecule is O=C1CC(/C=C/c2cccnc2)=Nc2ccccc2N1. The van der Waals surface area contributed by atoms with Gasteiger partial charge in [0.05, 0.1) is 23.5 Å². The van der Waals surface area contributed by atoms with Crippen molar-refractivity contribution in [3.05, 3.63) is 60.4 Å². The van der Waals surface area contributed by atoms with Crippen LogP contribution in [0.4, 0.5) is 11.4 Å². The zero-order valence-corrected chi connectivity index (χ0v) is 10.8. The van der Waals surface area contributed by atoms with Gasteiger partial charge < -0.3 is 5.32 Å². The van der Waals surface area contributed by atoms with E-state index in [0.717, 1.165) is 22.6 Å². The Labute approximate surface area is 116 Å². The summed E-state index contributed by atoms with van der Waals surface area (Å²) in [6.45, 7) is 0. The number of aliphatic imine (C=N–C) groups is 1. The lowest BCUT2D eigenvalue weighted by atomic mass is 10.2. The molecule has 3 rings (SSSR count). The minimum Gasteiger partial charge on any atom is -0.324 e. The Balaban J connectivity index is 1.91. The largest absolute Gasteiger partial charge is 0.324 e. The van der Waals surface area contributed by atoms with Crippen molar-refractivity contribution in [2.75, 3.05) is 5.32 Å². The number of pyridine rings is 1. The van der Waals surface area contributed by atoms with Crippen LogP contribution in [0.15, 0.2) is 59.9 Å². The van der Waals surface area contributed by atoms with Crippen LogP contribution in [0.25, 0.3) is 6.08 Å². The molecule has 0 saturated heterocycles. The summed E-state index contributed by atoms with van der Waals surface area (Å²) in [6.07, 6.45) is 7.53. The number of carbonyl (C=O) groups excluding carboxylic acids is 1. The molecule has 98 valence electrons. The maximum atomic E-state index is 11.8. The second-order valence-corrected chi connectivity index (χ2v) is 4.46. The Bertz CT molecular complexity index is 690. The van der Waals surface area contributed by atoms with Crippen LogP contribution in [0.3, 0.4) is 0 Å². The van der Waals surface area contributed by atoms with Gasteiger partial charge in [-0.2, -0.15) is 0 Å². The van der Waals surface area contributed by atoms with Crippen LogP contribution in [-0.2, 0) is 4.79 Å². The second kappa shape index (κ2) is 5.48. The van der Waals surface area contributed by atoms with Crippen molar-refractivity contribution in [1.29, 1.82) is 0 Å². The van der Waals surface area contributed by atoms with Crippen LogP contribution in [0.2, 0.25) is 0 Å². The number of amides is 1. The van der Waals surface area contributed by atoms with E-state index in [9.17, 15) is 4.79 Å². The zero-order chi connectivity index (χ0) is 13.8. The predicted octanol–water partition coefficient (Wildman–Crippen LogP) is 3.21. The van der Waals surface area contributed by atoms with E-state index in [1.54, 1.807) is 12.4 Å². The third-order valence-electron chi connectivity index (χ3n) is 2.94. The molecule has 1 aromatic heterocycles. The molecule has 1 aliphatic rings. The molecule has 2 heterocycles. The summed E-state index contributed by atoms with van der Waals surface area (Å²) in [5, 5.41) is 2.85. The summed E-state index contributed by atoms with van der Waals surface area (Å²) in [6, 6.07) is 11.3. The van der Waals surface area contributed by atoms with Crippen molar-refractivity contribution in [2.24, 2.45) is 4.99 Å². The number of allylic oxidation sites excluding steroid dienone is 1. The Morgan fingerprint density at radius 3 is 2.85 bits per heavy atom. The standard InChI is InChI=1S/C16H13N3O/c20-16-10-13(8-7-12-4-3-9-17-11-12)18-14-5-1-2-6-15(14)19-16/h1-9,11H,10H2,(H,19,20)/b8-7+. The Kier molecular flexibility index (Phi) is 3.37. The molecule has 0 unspecified atom stereocenters. The summed E-state index contributed by atoms with van der Waals surface area (Å²) in [4.78, 5) is 20.4. The molecule has 1 aromatic carbocycles. The van der Waals surface area contributed by atoms with Crippen molar-refractivity contribution in [3.8, 4) is 0 Å². The number of rotatable bonds is 2. The normalized spacial score (nSPS) is 14.4. The number of para-hydroxylation sites is 2. The van der Waals surface area contributed by atoms with Gasteiger partial charge in [-0.1, -0.05) is 24.3 Å². The number of benzene rings is 1. The van der Waals surface area contributed by atoms with Gasteiger partial charge in [-0.15, -0.1) is 0 Å². The topological polar surface area (TPSA) is 54.4 Å². The van der Waals surface area contributed by atoms with Gasteiger partial charge >= 0.3 is 0 Å². The van der Waals surface area contributed by atoms with Crippen molar-refractivity contribution in [1.82, 2.24) is 4.98 Å². The van der Waals surface area contributed by atoms with Crippen LogP contribution in [0.1, 0.15) is 12.0 Å². The summed E-state index contributed by atoms with van der Waals surface area (Å²) in [5.74, 6) is -0.0514. The van der Waals surface area contributed by atoms with Crippen LogP contribution < -0.4 is 5.32 Å². The highest BCUT2D eigenvalue weighted by Crippen LogP contribution is 2.27. The van der Waals surface area contributed by atoms with Gasteiger partial charge in [0.2, 0.25) is 5.91 Å². The van der Waals surface area contributed by atoms with E-state index in [1.165, 1.54) is 0 Å². The molecule has 4 nitrogen and oxygen atoms in total. The quantitative estimate of drug-likeness (QED) is 0.904. The van der Waals surface area contributed by atoms with Gasteiger partial charge in [0, 0.05) is 12.4 Å². The highest BCUT2D eigenvalue weighted by molar-refractivity contribution is 6.15. The Hall–Kier alpha value is -2.75. The molecule has 0 spiro atoms. The summed E-state index contributed by atoms with van der Waals surface area (Å²) >= 11 is 0. The molecule has 4 heteroatoms. The number of hydrogen-bond donors (Lipinski definition) is 1. The van der Waals surface area contributed by atoms with Crippen molar-refractivity contribution in [3.63, 3.8) is 0 Å². The number of nitrogens with zero attached hydrogens (tertiary/aromatic N) is 2. The van der Waals surface area contributed by atoms with Crippen molar-refractivity contribution >= 4 is 29.1 Å². The Morgan fingerprint density at radius 1 is 1.10 bits per heavy atom. The molecule has 20 heavy (non-hydrogen) atoms. The molecule has 1 aliphatic heterocycles. The van der Waals surface area contributed by atoms with Gasteiger partial charge in [-0.3, -0.25) is 14.8 Å². The maximum Gasteiger partial charge on any atom is 0.230 e. The number of hydrogen-bond acceptors (Lipinski definition) is 3. The summed E-state index contributed by atoms with van der Waals surface area (Å²) < 4.78 is 0. The summed E-state index contributed by atoms with van der Waals surface area (Å²) in [7, 11) is 0. The fourth-order valence-corrected chi connectivity index (χ4v) is 1.99. The molecular formula is C16H13N3O. The van der Waals surface area contributed by atoms with E-state index in [4.69, 9.17) is 0 Å². The minimum absolute atomic E-state index is 0.0514.